The number of carbonyl (C=O) groups is 1. The van der Waals surface area contributed by atoms with Crippen molar-refractivity contribution in [2.75, 3.05) is 19.5 Å². The van der Waals surface area contributed by atoms with Gasteiger partial charge in [0.05, 0.1) is 31.2 Å². The number of esters is 1. The Morgan fingerprint density at radius 3 is 2.45 bits per heavy atom. The van der Waals surface area contributed by atoms with Crippen LogP contribution in [0.3, 0.4) is 0 Å². The SMILES string of the molecule is COC(=O)c1cnc(-c2ccccc2)c(NCc2ccc(OC(F)(F)F)cc2OC)c1. The second-order valence-corrected chi connectivity index (χ2v) is 6.35. The maximum absolute atomic E-state index is 12.5. The molecule has 0 fully saturated rings. The number of hydrogen-bond donors (Lipinski definition) is 1. The molecule has 0 aliphatic heterocycles. The fraction of sp³-hybridized carbons (Fsp3) is 0.182. The zero-order valence-electron chi connectivity index (χ0n) is 16.7. The highest BCUT2D eigenvalue weighted by molar-refractivity contribution is 5.91. The number of carbonyl (C=O) groups excluding carboxylic acids is 1. The van der Waals surface area contributed by atoms with Crippen LogP contribution in [-0.2, 0) is 11.3 Å². The molecule has 162 valence electrons. The largest absolute Gasteiger partial charge is 0.573 e. The van der Waals surface area contributed by atoms with Gasteiger partial charge in [-0.25, -0.2) is 4.79 Å². The number of rotatable bonds is 7. The van der Waals surface area contributed by atoms with Crippen molar-refractivity contribution >= 4 is 11.7 Å². The van der Waals surface area contributed by atoms with Crippen LogP contribution in [0.4, 0.5) is 18.9 Å². The molecule has 0 bridgehead atoms. The number of anilines is 1. The number of benzene rings is 2. The molecule has 0 aliphatic rings. The third-order valence-electron chi connectivity index (χ3n) is 4.32. The highest BCUT2D eigenvalue weighted by Gasteiger charge is 2.31. The molecule has 3 aromatic rings. The smallest absolute Gasteiger partial charge is 0.496 e. The number of hydrogen-bond acceptors (Lipinski definition) is 6. The molecule has 31 heavy (non-hydrogen) atoms. The fourth-order valence-electron chi connectivity index (χ4n) is 2.91. The Bertz CT molecular complexity index is 1060. The topological polar surface area (TPSA) is 69.7 Å². The summed E-state index contributed by atoms with van der Waals surface area (Å²) in [5.74, 6) is -0.707. The van der Waals surface area contributed by atoms with Crippen molar-refractivity contribution in [2.45, 2.75) is 12.9 Å². The Morgan fingerprint density at radius 1 is 1.06 bits per heavy atom. The van der Waals surface area contributed by atoms with Crippen LogP contribution in [0, 0.1) is 0 Å². The summed E-state index contributed by atoms with van der Waals surface area (Å²) in [6.07, 6.45) is -3.38. The third kappa shape index (κ3) is 5.65. The number of nitrogens with one attached hydrogen (secondary N) is 1. The summed E-state index contributed by atoms with van der Waals surface area (Å²) in [5.41, 5.74) is 2.81. The van der Waals surface area contributed by atoms with E-state index in [1.807, 2.05) is 30.3 Å². The molecule has 1 heterocycles. The molecule has 0 saturated heterocycles. The molecule has 2 aromatic carbocycles. The van der Waals surface area contributed by atoms with Crippen molar-refractivity contribution in [1.82, 2.24) is 4.98 Å². The van der Waals surface area contributed by atoms with Crippen molar-refractivity contribution in [1.29, 1.82) is 0 Å². The van der Waals surface area contributed by atoms with Gasteiger partial charge < -0.3 is 19.5 Å². The van der Waals surface area contributed by atoms with E-state index in [1.54, 1.807) is 6.07 Å². The summed E-state index contributed by atoms with van der Waals surface area (Å²) in [5, 5.41) is 3.18. The number of ether oxygens (including phenoxy) is 3. The van der Waals surface area contributed by atoms with Gasteiger partial charge in [0.15, 0.2) is 0 Å². The van der Waals surface area contributed by atoms with Crippen molar-refractivity contribution < 1.29 is 32.2 Å². The van der Waals surface area contributed by atoms with Gasteiger partial charge in [0.2, 0.25) is 0 Å². The zero-order chi connectivity index (χ0) is 22.4. The van der Waals surface area contributed by atoms with Crippen molar-refractivity contribution in [3.63, 3.8) is 0 Å². The van der Waals surface area contributed by atoms with Gasteiger partial charge in [-0.2, -0.15) is 0 Å². The van der Waals surface area contributed by atoms with Crippen molar-refractivity contribution in [3.05, 3.63) is 71.9 Å². The Labute approximate surface area is 176 Å². The van der Waals surface area contributed by atoms with Crippen LogP contribution in [-0.4, -0.2) is 31.5 Å². The second-order valence-electron chi connectivity index (χ2n) is 6.35. The number of pyridine rings is 1. The quantitative estimate of drug-likeness (QED) is 0.527. The number of aromatic nitrogens is 1. The first kappa shape index (κ1) is 21.9. The lowest BCUT2D eigenvalue weighted by atomic mass is 10.1. The molecule has 6 nitrogen and oxygen atoms in total. The monoisotopic (exact) mass is 432 g/mol. The van der Waals surface area contributed by atoms with E-state index in [0.717, 1.165) is 11.6 Å². The van der Waals surface area contributed by atoms with E-state index in [1.165, 1.54) is 32.5 Å². The number of nitrogens with zero attached hydrogens (tertiary/aromatic N) is 1. The van der Waals surface area contributed by atoms with Crippen LogP contribution in [0.2, 0.25) is 0 Å². The standard InChI is InChI=1S/C22H19F3N2O4/c1-29-19-11-17(31-22(23,24)25)9-8-15(19)12-26-18-10-16(21(28)30-2)13-27-20(18)14-6-4-3-5-7-14/h3-11,13,26H,12H2,1-2H3. The van der Waals surface area contributed by atoms with Crippen molar-refractivity contribution in [3.8, 4) is 22.8 Å². The zero-order valence-corrected chi connectivity index (χ0v) is 16.7. The number of halogens is 3. The van der Waals surface area contributed by atoms with Crippen LogP contribution in [0.5, 0.6) is 11.5 Å². The van der Waals surface area contributed by atoms with Gasteiger partial charge in [0.25, 0.3) is 0 Å². The van der Waals surface area contributed by atoms with Crippen LogP contribution in [0.25, 0.3) is 11.3 Å². The normalized spacial score (nSPS) is 11.0. The molecule has 0 radical (unpaired) electrons. The third-order valence-corrected chi connectivity index (χ3v) is 4.32. The number of methoxy groups -OCH3 is 2. The van der Waals surface area contributed by atoms with Gasteiger partial charge in [-0.05, 0) is 18.2 Å². The minimum atomic E-state index is -4.80. The first-order chi connectivity index (χ1) is 14.8. The van der Waals surface area contributed by atoms with E-state index in [0.29, 0.717) is 16.9 Å². The summed E-state index contributed by atoms with van der Waals surface area (Å²) in [4.78, 5) is 16.3. The molecule has 0 aliphatic carbocycles. The minimum absolute atomic E-state index is 0.196. The first-order valence-corrected chi connectivity index (χ1v) is 9.11. The van der Waals surface area contributed by atoms with Gasteiger partial charge in [-0.1, -0.05) is 30.3 Å². The Morgan fingerprint density at radius 2 is 1.81 bits per heavy atom. The van der Waals surface area contributed by atoms with E-state index < -0.39 is 12.3 Å². The second kappa shape index (κ2) is 9.38. The lowest BCUT2D eigenvalue weighted by Gasteiger charge is -2.16. The van der Waals surface area contributed by atoms with Crippen LogP contribution in [0.15, 0.2) is 60.8 Å². The molecule has 0 atom stereocenters. The average Bonchev–Trinajstić information content (AvgIpc) is 2.76. The van der Waals surface area contributed by atoms with E-state index in [-0.39, 0.29) is 23.6 Å². The predicted molar refractivity (Wildman–Crippen MR) is 108 cm³/mol. The van der Waals surface area contributed by atoms with Gasteiger partial charge in [0.1, 0.15) is 11.5 Å². The van der Waals surface area contributed by atoms with E-state index in [2.05, 4.69) is 15.0 Å². The van der Waals surface area contributed by atoms with Gasteiger partial charge in [0, 0.05) is 29.9 Å². The molecule has 9 heteroatoms. The molecule has 3 rings (SSSR count). The highest BCUT2D eigenvalue weighted by atomic mass is 19.4. The summed E-state index contributed by atoms with van der Waals surface area (Å²) < 4.78 is 51.3. The molecule has 0 saturated carbocycles. The molecule has 0 unspecified atom stereocenters. The van der Waals surface area contributed by atoms with Crippen molar-refractivity contribution in [2.24, 2.45) is 0 Å². The molecular formula is C22H19F3N2O4. The maximum atomic E-state index is 12.5. The Balaban J connectivity index is 1.90. The van der Waals surface area contributed by atoms with E-state index >= 15 is 0 Å². The van der Waals surface area contributed by atoms with Gasteiger partial charge >= 0.3 is 12.3 Å². The Kier molecular flexibility index (Phi) is 6.64. The average molecular weight is 432 g/mol. The minimum Gasteiger partial charge on any atom is -0.496 e. The summed E-state index contributed by atoms with van der Waals surface area (Å²) >= 11 is 0. The molecular weight excluding hydrogens is 413 g/mol. The Hall–Kier alpha value is -3.75. The van der Waals surface area contributed by atoms with E-state index in [4.69, 9.17) is 9.47 Å². The summed E-state index contributed by atoms with van der Waals surface area (Å²) in [7, 11) is 2.63. The molecule has 1 aromatic heterocycles. The predicted octanol–water partition coefficient (Wildman–Crippen LogP) is 5.05. The maximum Gasteiger partial charge on any atom is 0.573 e. The van der Waals surface area contributed by atoms with Gasteiger partial charge in [-0.15, -0.1) is 13.2 Å². The fourth-order valence-corrected chi connectivity index (χ4v) is 2.91. The molecule has 1 N–H and O–H groups in total. The first-order valence-electron chi connectivity index (χ1n) is 9.11. The lowest BCUT2D eigenvalue weighted by Crippen LogP contribution is -2.17. The summed E-state index contributed by atoms with van der Waals surface area (Å²) in [6.45, 7) is 0.196. The van der Waals surface area contributed by atoms with E-state index in [9.17, 15) is 18.0 Å². The highest BCUT2D eigenvalue weighted by Crippen LogP contribution is 2.31. The van der Waals surface area contributed by atoms with Crippen LogP contribution in [0.1, 0.15) is 15.9 Å². The summed E-state index contributed by atoms with van der Waals surface area (Å²) in [6, 6.07) is 14.8. The van der Waals surface area contributed by atoms with Crippen LogP contribution < -0.4 is 14.8 Å². The number of alkyl halides is 3. The molecule has 0 amide bonds. The molecule has 0 spiro atoms. The van der Waals surface area contributed by atoms with Gasteiger partial charge in [-0.3, -0.25) is 4.98 Å². The lowest BCUT2D eigenvalue weighted by molar-refractivity contribution is -0.274. The van der Waals surface area contributed by atoms with Crippen LogP contribution >= 0.6 is 0 Å².